The lowest BCUT2D eigenvalue weighted by molar-refractivity contribution is 0.557. The van der Waals surface area contributed by atoms with Crippen LogP contribution in [0, 0.1) is 0 Å². The maximum absolute atomic E-state index is 5.82. The average molecular weight is 309 g/mol. The van der Waals surface area contributed by atoms with E-state index in [4.69, 9.17) is 11.6 Å². The van der Waals surface area contributed by atoms with Crippen LogP contribution in [0.4, 0.5) is 5.69 Å². The number of nitrogens with zero attached hydrogens (tertiary/aromatic N) is 2. The Labute approximate surface area is 135 Å². The maximum atomic E-state index is 5.82. The van der Waals surface area contributed by atoms with Gasteiger partial charge in [0.1, 0.15) is 0 Å². The van der Waals surface area contributed by atoms with Crippen molar-refractivity contribution in [2.45, 2.75) is 71.1 Å². The number of benzene rings is 1. The topological polar surface area (TPSA) is 24.7 Å². The number of unbranched alkanes of at least 4 members (excludes halogenated alkanes) is 9. The normalized spacial score (nSPS) is 11.3. The van der Waals surface area contributed by atoms with Crippen LogP contribution in [0.1, 0.15) is 71.1 Å². The fourth-order valence-corrected chi connectivity index (χ4v) is 2.44. The third kappa shape index (κ3) is 10.5. The molecule has 0 N–H and O–H groups in total. The monoisotopic (exact) mass is 308 g/mol. The molecule has 1 aromatic rings. The molecule has 0 amide bonds. The summed E-state index contributed by atoms with van der Waals surface area (Å²) in [5, 5.41) is 9.15. The van der Waals surface area contributed by atoms with Crippen molar-refractivity contribution < 1.29 is 0 Å². The van der Waals surface area contributed by atoms with Gasteiger partial charge in [-0.1, -0.05) is 76.3 Å². The van der Waals surface area contributed by atoms with Crippen LogP contribution in [0.3, 0.4) is 0 Å². The van der Waals surface area contributed by atoms with Crippen molar-refractivity contribution in [1.82, 2.24) is 0 Å². The van der Waals surface area contributed by atoms with Crippen LogP contribution in [-0.4, -0.2) is 6.54 Å². The molecule has 0 bridgehead atoms. The predicted octanol–water partition coefficient (Wildman–Crippen LogP) is 7.34. The standard InChI is InChI=1S/C18H29ClN2/c1-2-3-4-5-6-7-8-9-10-11-16-20-21-18-14-12-17(19)13-15-18/h12-15H,2-11,16H2,1H3. The van der Waals surface area contributed by atoms with Gasteiger partial charge in [0.25, 0.3) is 0 Å². The Bertz CT molecular complexity index is 373. The van der Waals surface area contributed by atoms with E-state index >= 15 is 0 Å². The van der Waals surface area contributed by atoms with Gasteiger partial charge >= 0.3 is 0 Å². The summed E-state index contributed by atoms with van der Waals surface area (Å²) in [6.07, 6.45) is 13.5. The van der Waals surface area contributed by atoms with E-state index in [1.165, 1.54) is 57.8 Å². The molecule has 0 radical (unpaired) electrons. The fraction of sp³-hybridized carbons (Fsp3) is 0.667. The first kappa shape index (κ1) is 18.2. The van der Waals surface area contributed by atoms with Gasteiger partial charge in [-0.15, -0.1) is 0 Å². The molecule has 0 saturated heterocycles. The molecule has 3 heteroatoms. The lowest BCUT2D eigenvalue weighted by atomic mass is 10.1. The minimum atomic E-state index is 0.739. The Morgan fingerprint density at radius 1 is 0.762 bits per heavy atom. The van der Waals surface area contributed by atoms with E-state index in [2.05, 4.69) is 17.2 Å². The van der Waals surface area contributed by atoms with Gasteiger partial charge in [0.15, 0.2) is 0 Å². The van der Waals surface area contributed by atoms with Crippen LogP contribution >= 0.6 is 11.6 Å². The van der Waals surface area contributed by atoms with E-state index in [0.717, 1.165) is 23.7 Å². The first-order valence-electron chi connectivity index (χ1n) is 8.46. The number of azo groups is 1. The lowest BCUT2D eigenvalue weighted by Gasteiger charge is -2.01. The van der Waals surface area contributed by atoms with Crippen molar-refractivity contribution in [2.24, 2.45) is 10.2 Å². The van der Waals surface area contributed by atoms with Crippen molar-refractivity contribution in [3.63, 3.8) is 0 Å². The molecule has 0 heterocycles. The Hall–Kier alpha value is -0.890. The second kappa shape index (κ2) is 12.8. The molecular formula is C18H29ClN2. The largest absolute Gasteiger partial charge is 0.189 e. The van der Waals surface area contributed by atoms with E-state index in [-0.39, 0.29) is 0 Å². The van der Waals surface area contributed by atoms with Crippen LogP contribution in [0.2, 0.25) is 5.02 Å². The predicted molar refractivity (Wildman–Crippen MR) is 92.7 cm³/mol. The highest BCUT2D eigenvalue weighted by molar-refractivity contribution is 6.30. The summed E-state index contributed by atoms with van der Waals surface area (Å²) in [4.78, 5) is 0. The van der Waals surface area contributed by atoms with Gasteiger partial charge in [-0.05, 0) is 30.7 Å². The van der Waals surface area contributed by atoms with Gasteiger partial charge in [-0.2, -0.15) is 10.2 Å². The molecule has 0 saturated carbocycles. The van der Waals surface area contributed by atoms with E-state index in [9.17, 15) is 0 Å². The molecule has 0 aromatic heterocycles. The van der Waals surface area contributed by atoms with Gasteiger partial charge < -0.3 is 0 Å². The first-order chi connectivity index (χ1) is 10.3. The molecule has 0 atom stereocenters. The highest BCUT2D eigenvalue weighted by atomic mass is 35.5. The highest BCUT2D eigenvalue weighted by Gasteiger charge is 1.93. The van der Waals surface area contributed by atoms with Crippen molar-refractivity contribution in [3.05, 3.63) is 29.3 Å². The summed E-state index contributed by atoms with van der Waals surface area (Å²) >= 11 is 5.82. The summed E-state index contributed by atoms with van der Waals surface area (Å²) in [5.74, 6) is 0. The van der Waals surface area contributed by atoms with E-state index in [1.807, 2.05) is 24.3 Å². The number of rotatable bonds is 12. The van der Waals surface area contributed by atoms with Crippen LogP contribution in [0.5, 0.6) is 0 Å². The quantitative estimate of drug-likeness (QED) is 0.285. The number of halogens is 1. The molecule has 0 aliphatic carbocycles. The van der Waals surface area contributed by atoms with Crippen molar-refractivity contribution in [3.8, 4) is 0 Å². The van der Waals surface area contributed by atoms with Gasteiger partial charge in [-0.3, -0.25) is 0 Å². The van der Waals surface area contributed by atoms with Gasteiger partial charge in [0.2, 0.25) is 0 Å². The Kier molecular flexibility index (Phi) is 11.1. The first-order valence-corrected chi connectivity index (χ1v) is 8.84. The van der Waals surface area contributed by atoms with Gasteiger partial charge in [0.05, 0.1) is 12.2 Å². The Morgan fingerprint density at radius 3 is 1.86 bits per heavy atom. The lowest BCUT2D eigenvalue weighted by Crippen LogP contribution is -1.83. The minimum absolute atomic E-state index is 0.739. The number of hydrogen-bond donors (Lipinski definition) is 0. The van der Waals surface area contributed by atoms with Crippen LogP contribution in [-0.2, 0) is 0 Å². The van der Waals surface area contributed by atoms with Crippen LogP contribution < -0.4 is 0 Å². The van der Waals surface area contributed by atoms with Crippen molar-refractivity contribution >= 4 is 17.3 Å². The average Bonchev–Trinajstić information content (AvgIpc) is 2.50. The summed E-state index contributed by atoms with van der Waals surface area (Å²) < 4.78 is 0. The molecule has 0 spiro atoms. The molecule has 2 nitrogen and oxygen atoms in total. The molecule has 1 aromatic carbocycles. The smallest absolute Gasteiger partial charge is 0.0853 e. The maximum Gasteiger partial charge on any atom is 0.0853 e. The SMILES string of the molecule is CCCCCCCCCCCCN=Nc1ccc(Cl)cc1. The summed E-state index contributed by atoms with van der Waals surface area (Å²) in [6.45, 7) is 3.10. The molecule has 21 heavy (non-hydrogen) atoms. The second-order valence-corrected chi connectivity index (χ2v) is 6.06. The molecule has 0 unspecified atom stereocenters. The molecule has 118 valence electrons. The zero-order valence-corrected chi connectivity index (χ0v) is 14.1. The number of hydrogen-bond acceptors (Lipinski definition) is 2. The molecule has 0 aliphatic heterocycles. The van der Waals surface area contributed by atoms with Crippen molar-refractivity contribution in [2.75, 3.05) is 6.54 Å². The third-order valence-corrected chi connectivity index (χ3v) is 3.88. The second-order valence-electron chi connectivity index (χ2n) is 5.62. The zero-order chi connectivity index (χ0) is 15.2. The Morgan fingerprint density at radius 2 is 1.29 bits per heavy atom. The molecule has 0 aliphatic rings. The van der Waals surface area contributed by atoms with Gasteiger partial charge in [0, 0.05) is 5.02 Å². The summed E-state index contributed by atoms with van der Waals surface area (Å²) in [7, 11) is 0. The van der Waals surface area contributed by atoms with Crippen LogP contribution in [0.25, 0.3) is 0 Å². The van der Waals surface area contributed by atoms with E-state index in [0.29, 0.717) is 0 Å². The molecule has 0 fully saturated rings. The zero-order valence-electron chi connectivity index (χ0n) is 13.4. The molecular weight excluding hydrogens is 280 g/mol. The summed E-state index contributed by atoms with van der Waals surface area (Å²) in [5.41, 5.74) is 0.881. The van der Waals surface area contributed by atoms with Crippen LogP contribution in [0.15, 0.2) is 34.5 Å². The minimum Gasteiger partial charge on any atom is -0.189 e. The Balaban J connectivity index is 1.89. The van der Waals surface area contributed by atoms with Crippen molar-refractivity contribution in [1.29, 1.82) is 0 Å². The van der Waals surface area contributed by atoms with Gasteiger partial charge in [-0.25, -0.2) is 0 Å². The van der Waals surface area contributed by atoms with E-state index in [1.54, 1.807) is 0 Å². The highest BCUT2D eigenvalue weighted by Crippen LogP contribution is 2.16. The molecule has 1 rings (SSSR count). The third-order valence-electron chi connectivity index (χ3n) is 3.62. The fourth-order valence-electron chi connectivity index (χ4n) is 2.31. The van der Waals surface area contributed by atoms with E-state index < -0.39 is 0 Å². The summed E-state index contributed by atoms with van der Waals surface area (Å²) in [6, 6.07) is 7.47.